The number of hydrogen-bond donors (Lipinski definition) is 3. The molecule has 0 aromatic rings. The first kappa shape index (κ1) is 14.5. The fourth-order valence-electron chi connectivity index (χ4n) is 2.57. The Bertz CT molecular complexity index is 246. The molecule has 1 rings (SSSR count). The molecule has 1 fully saturated rings. The van der Waals surface area contributed by atoms with Crippen molar-refractivity contribution in [2.45, 2.75) is 57.5 Å². The van der Waals surface area contributed by atoms with E-state index in [4.69, 9.17) is 5.73 Å². The van der Waals surface area contributed by atoms with Crippen LogP contribution in [0.4, 0.5) is 0 Å². The van der Waals surface area contributed by atoms with Crippen LogP contribution in [-0.4, -0.2) is 29.7 Å². The van der Waals surface area contributed by atoms with E-state index >= 15 is 0 Å². The first-order valence-corrected chi connectivity index (χ1v) is 6.75. The van der Waals surface area contributed by atoms with Crippen molar-refractivity contribution >= 4 is 5.91 Å². The smallest absolute Gasteiger partial charge is 0.220 e. The normalized spacial score (nSPS) is 29.0. The third kappa shape index (κ3) is 5.50. The molecule has 0 saturated heterocycles. The number of hydrogen-bond acceptors (Lipinski definition) is 3. The average Bonchev–Trinajstić information content (AvgIpc) is 2.27. The van der Waals surface area contributed by atoms with E-state index in [-0.39, 0.29) is 5.91 Å². The van der Waals surface area contributed by atoms with E-state index in [1.807, 2.05) is 0 Å². The molecule has 17 heavy (non-hydrogen) atoms. The summed E-state index contributed by atoms with van der Waals surface area (Å²) in [7, 11) is 0. The second kappa shape index (κ2) is 6.97. The van der Waals surface area contributed by atoms with E-state index in [1.54, 1.807) is 0 Å². The molecule has 0 heterocycles. The summed E-state index contributed by atoms with van der Waals surface area (Å²) in [5.41, 5.74) is 4.69. The number of carbonyl (C=O) groups excluding carboxylic acids is 1. The largest absolute Gasteiger partial charge is 0.388 e. The van der Waals surface area contributed by atoms with Crippen LogP contribution >= 0.6 is 0 Å². The molecule has 4 nitrogen and oxygen atoms in total. The lowest BCUT2D eigenvalue weighted by Crippen LogP contribution is -2.45. The maximum atomic E-state index is 11.5. The number of aliphatic hydroxyl groups is 1. The molecule has 1 aliphatic carbocycles. The van der Waals surface area contributed by atoms with E-state index in [0.29, 0.717) is 25.4 Å². The number of unbranched alkanes of at least 4 members (excludes halogenated alkanes) is 1. The Morgan fingerprint density at radius 2 is 2.29 bits per heavy atom. The number of rotatable bonds is 6. The molecule has 0 bridgehead atoms. The van der Waals surface area contributed by atoms with Gasteiger partial charge in [-0.3, -0.25) is 4.79 Å². The van der Waals surface area contributed by atoms with Crippen LogP contribution in [0.1, 0.15) is 51.9 Å². The Morgan fingerprint density at radius 3 is 2.94 bits per heavy atom. The highest BCUT2D eigenvalue weighted by Crippen LogP contribution is 2.31. The maximum absolute atomic E-state index is 11.5. The zero-order valence-electron chi connectivity index (χ0n) is 10.9. The van der Waals surface area contributed by atoms with Gasteiger partial charge in [0.05, 0.1) is 5.60 Å². The van der Waals surface area contributed by atoms with Crippen molar-refractivity contribution in [3.05, 3.63) is 0 Å². The monoisotopic (exact) mass is 242 g/mol. The first-order valence-electron chi connectivity index (χ1n) is 6.75. The van der Waals surface area contributed by atoms with Crippen molar-refractivity contribution in [3.63, 3.8) is 0 Å². The van der Waals surface area contributed by atoms with Gasteiger partial charge in [-0.05, 0) is 38.1 Å². The van der Waals surface area contributed by atoms with E-state index in [9.17, 15) is 9.90 Å². The van der Waals surface area contributed by atoms with Gasteiger partial charge in [-0.25, -0.2) is 0 Å². The summed E-state index contributed by atoms with van der Waals surface area (Å²) in [6.45, 7) is 3.20. The Morgan fingerprint density at radius 1 is 1.53 bits per heavy atom. The van der Waals surface area contributed by atoms with Crippen molar-refractivity contribution in [1.82, 2.24) is 5.32 Å². The van der Waals surface area contributed by atoms with Crippen molar-refractivity contribution in [3.8, 4) is 0 Å². The minimum absolute atomic E-state index is 0.0325. The lowest BCUT2D eigenvalue weighted by Gasteiger charge is -2.35. The van der Waals surface area contributed by atoms with Crippen LogP contribution < -0.4 is 11.1 Å². The summed E-state index contributed by atoms with van der Waals surface area (Å²) in [6, 6.07) is 0. The van der Waals surface area contributed by atoms with Gasteiger partial charge in [-0.2, -0.15) is 0 Å². The van der Waals surface area contributed by atoms with Crippen molar-refractivity contribution < 1.29 is 9.90 Å². The molecule has 0 radical (unpaired) electrons. The van der Waals surface area contributed by atoms with Gasteiger partial charge in [-0.15, -0.1) is 0 Å². The highest BCUT2D eigenvalue weighted by atomic mass is 16.3. The van der Waals surface area contributed by atoms with Gasteiger partial charge in [0.1, 0.15) is 0 Å². The van der Waals surface area contributed by atoms with Gasteiger partial charge >= 0.3 is 0 Å². The van der Waals surface area contributed by atoms with Crippen LogP contribution in [0.15, 0.2) is 0 Å². The molecular formula is C13H26N2O2. The van der Waals surface area contributed by atoms with Crippen molar-refractivity contribution in [2.24, 2.45) is 11.7 Å². The lowest BCUT2D eigenvalue weighted by molar-refractivity contribution is -0.123. The van der Waals surface area contributed by atoms with Crippen LogP contribution in [0.5, 0.6) is 0 Å². The number of carbonyl (C=O) groups is 1. The maximum Gasteiger partial charge on any atom is 0.220 e. The molecule has 2 unspecified atom stereocenters. The topological polar surface area (TPSA) is 75.3 Å². The van der Waals surface area contributed by atoms with E-state index < -0.39 is 5.60 Å². The summed E-state index contributed by atoms with van der Waals surface area (Å²) >= 11 is 0. The quantitative estimate of drug-likeness (QED) is 0.612. The van der Waals surface area contributed by atoms with Crippen LogP contribution in [-0.2, 0) is 4.79 Å². The fraction of sp³-hybridized carbons (Fsp3) is 0.923. The predicted octanol–water partition coefficient (Wildman–Crippen LogP) is 1.17. The van der Waals surface area contributed by atoms with E-state index in [0.717, 1.165) is 32.1 Å². The number of nitrogens with two attached hydrogens (primary N) is 1. The third-order valence-electron chi connectivity index (χ3n) is 3.54. The third-order valence-corrected chi connectivity index (χ3v) is 3.54. The van der Waals surface area contributed by atoms with Gasteiger partial charge in [0.25, 0.3) is 0 Å². The molecule has 4 N–H and O–H groups in total. The van der Waals surface area contributed by atoms with Crippen LogP contribution in [0, 0.1) is 5.92 Å². The zero-order chi connectivity index (χ0) is 12.7. The van der Waals surface area contributed by atoms with E-state index in [1.165, 1.54) is 6.42 Å². The van der Waals surface area contributed by atoms with Crippen molar-refractivity contribution in [2.75, 3.05) is 13.1 Å². The summed E-state index contributed by atoms with van der Waals surface area (Å²) in [5, 5.41) is 13.2. The SMILES string of the molecule is CC1CCCC(O)(CNC(=O)CCCCN)C1. The summed E-state index contributed by atoms with van der Waals surface area (Å²) < 4.78 is 0. The molecule has 1 saturated carbocycles. The molecule has 0 spiro atoms. The fourth-order valence-corrected chi connectivity index (χ4v) is 2.57. The molecule has 100 valence electrons. The Hall–Kier alpha value is -0.610. The molecule has 1 aliphatic rings. The Labute approximate surface area is 104 Å². The second-order valence-corrected chi connectivity index (χ2v) is 5.45. The van der Waals surface area contributed by atoms with Crippen LogP contribution in [0.2, 0.25) is 0 Å². The molecule has 0 aromatic heterocycles. The van der Waals surface area contributed by atoms with Crippen LogP contribution in [0.25, 0.3) is 0 Å². The Balaban J connectivity index is 2.21. The number of nitrogens with one attached hydrogen (secondary N) is 1. The molecule has 2 atom stereocenters. The molecule has 1 amide bonds. The van der Waals surface area contributed by atoms with Gasteiger partial charge in [-0.1, -0.05) is 19.8 Å². The predicted molar refractivity (Wildman–Crippen MR) is 68.5 cm³/mol. The zero-order valence-corrected chi connectivity index (χ0v) is 10.9. The molecule has 0 aliphatic heterocycles. The van der Waals surface area contributed by atoms with Crippen LogP contribution in [0.3, 0.4) is 0 Å². The van der Waals surface area contributed by atoms with Gasteiger partial charge in [0.2, 0.25) is 5.91 Å². The lowest BCUT2D eigenvalue weighted by atomic mass is 9.79. The highest BCUT2D eigenvalue weighted by molar-refractivity contribution is 5.75. The van der Waals surface area contributed by atoms with Gasteiger partial charge in [0.15, 0.2) is 0 Å². The first-order chi connectivity index (χ1) is 8.06. The molecular weight excluding hydrogens is 216 g/mol. The summed E-state index contributed by atoms with van der Waals surface area (Å²) in [4.78, 5) is 11.5. The van der Waals surface area contributed by atoms with Crippen molar-refractivity contribution in [1.29, 1.82) is 0 Å². The minimum atomic E-state index is -0.679. The second-order valence-electron chi connectivity index (χ2n) is 5.45. The summed E-state index contributed by atoms with van der Waals surface area (Å²) in [6.07, 6.45) is 6.08. The van der Waals surface area contributed by atoms with Gasteiger partial charge < -0.3 is 16.2 Å². The average molecular weight is 242 g/mol. The van der Waals surface area contributed by atoms with E-state index in [2.05, 4.69) is 12.2 Å². The number of amides is 1. The molecule has 4 heteroatoms. The highest BCUT2D eigenvalue weighted by Gasteiger charge is 2.32. The summed E-state index contributed by atoms with van der Waals surface area (Å²) in [5.74, 6) is 0.591. The standard InChI is InChI=1S/C13H26N2O2/c1-11-5-4-7-13(17,9-11)10-15-12(16)6-2-3-8-14/h11,17H,2-10,14H2,1H3,(H,15,16). The Kier molecular flexibility index (Phi) is 5.92. The van der Waals surface area contributed by atoms with Gasteiger partial charge in [0, 0.05) is 13.0 Å². The minimum Gasteiger partial charge on any atom is -0.388 e. The molecule has 0 aromatic carbocycles.